The van der Waals surface area contributed by atoms with Crippen LogP contribution in [0.25, 0.3) is 0 Å². The average Bonchev–Trinajstić information content (AvgIpc) is 2.82. The third-order valence-corrected chi connectivity index (χ3v) is 9.20. The molecule has 0 aromatic carbocycles. The molecule has 4 rings (SSSR count). The second kappa shape index (κ2) is 5.23. The Labute approximate surface area is 137 Å². The summed E-state index contributed by atoms with van der Waals surface area (Å²) in [5, 5.41) is 11.2. The van der Waals surface area contributed by atoms with Crippen molar-refractivity contribution in [2.75, 3.05) is 0 Å². The van der Waals surface area contributed by atoms with E-state index in [-0.39, 0.29) is 6.10 Å². The van der Waals surface area contributed by atoms with E-state index in [1.54, 1.807) is 0 Å². The van der Waals surface area contributed by atoms with E-state index in [1.165, 1.54) is 57.8 Å². The van der Waals surface area contributed by atoms with Gasteiger partial charge >= 0.3 is 0 Å². The molecule has 4 saturated carbocycles. The van der Waals surface area contributed by atoms with Crippen molar-refractivity contribution in [3.05, 3.63) is 0 Å². The fourth-order valence-corrected chi connectivity index (χ4v) is 8.19. The van der Waals surface area contributed by atoms with Gasteiger partial charge in [0.05, 0.1) is 6.10 Å². The van der Waals surface area contributed by atoms with Gasteiger partial charge in [0.25, 0.3) is 0 Å². The molecule has 1 nitrogen and oxygen atoms in total. The molecule has 4 aliphatic rings. The molecular formula is C21H36O. The summed E-state index contributed by atoms with van der Waals surface area (Å²) < 4.78 is 0. The fraction of sp³-hybridized carbons (Fsp3) is 1.00. The second-order valence-corrected chi connectivity index (χ2v) is 9.78. The summed E-state index contributed by atoms with van der Waals surface area (Å²) in [5.74, 6) is 4.12. The number of aliphatic hydroxyl groups excluding tert-OH is 1. The number of fused-ring (bicyclic) bond motifs is 5. The Kier molecular flexibility index (Phi) is 3.68. The largest absolute Gasteiger partial charge is 0.393 e. The van der Waals surface area contributed by atoms with Crippen LogP contribution in [0.15, 0.2) is 0 Å². The lowest BCUT2D eigenvalue weighted by molar-refractivity contribution is -0.168. The van der Waals surface area contributed by atoms with E-state index in [4.69, 9.17) is 0 Å². The number of rotatable bonds is 1. The van der Waals surface area contributed by atoms with Crippen molar-refractivity contribution in [1.82, 2.24) is 0 Å². The summed E-state index contributed by atoms with van der Waals surface area (Å²) in [6.07, 6.45) is 13.8. The van der Waals surface area contributed by atoms with Crippen LogP contribution in [0.4, 0.5) is 0 Å². The maximum Gasteiger partial charge on any atom is 0.0581 e. The highest BCUT2D eigenvalue weighted by atomic mass is 16.3. The van der Waals surface area contributed by atoms with Crippen molar-refractivity contribution in [2.24, 2.45) is 40.4 Å². The van der Waals surface area contributed by atoms with Crippen LogP contribution in [0.1, 0.15) is 85.0 Å². The minimum Gasteiger partial charge on any atom is -0.393 e. The van der Waals surface area contributed by atoms with Gasteiger partial charge < -0.3 is 5.11 Å². The van der Waals surface area contributed by atoms with E-state index >= 15 is 0 Å². The van der Waals surface area contributed by atoms with E-state index in [0.717, 1.165) is 30.1 Å². The van der Waals surface area contributed by atoms with Gasteiger partial charge in [-0.3, -0.25) is 0 Å². The lowest BCUT2D eigenvalue weighted by atomic mass is 9.44. The molecule has 2 unspecified atom stereocenters. The van der Waals surface area contributed by atoms with Crippen molar-refractivity contribution >= 4 is 0 Å². The Bertz CT molecular complexity index is 432. The van der Waals surface area contributed by atoms with Crippen LogP contribution in [0.5, 0.6) is 0 Å². The van der Waals surface area contributed by atoms with E-state index in [0.29, 0.717) is 16.7 Å². The van der Waals surface area contributed by atoms with E-state index < -0.39 is 0 Å². The zero-order valence-electron chi connectivity index (χ0n) is 15.0. The first kappa shape index (κ1) is 15.5. The molecule has 0 aliphatic heterocycles. The standard InChI is InChI=1S/C21H36O/c1-4-14-9-11-17-16-10-8-15-7-5-6-12-20(15,2)19(16)18(22)13-21(14,17)3/h14-19,22H,4-13H2,1-3H3/t14-,15?,16-,17-,18?,19+,20-,21+/m0/s1. The highest BCUT2D eigenvalue weighted by molar-refractivity contribution is 5.11. The lowest BCUT2D eigenvalue weighted by Crippen LogP contribution is -2.58. The van der Waals surface area contributed by atoms with E-state index in [2.05, 4.69) is 20.8 Å². The molecule has 0 spiro atoms. The fourth-order valence-electron chi connectivity index (χ4n) is 8.19. The molecule has 0 amide bonds. The average molecular weight is 305 g/mol. The normalized spacial score (nSPS) is 57.8. The van der Waals surface area contributed by atoms with Gasteiger partial charge in [-0.05, 0) is 85.4 Å². The summed E-state index contributed by atoms with van der Waals surface area (Å²) in [6.45, 7) is 7.47. The molecule has 4 fully saturated rings. The van der Waals surface area contributed by atoms with Crippen molar-refractivity contribution in [3.8, 4) is 0 Å². The molecule has 0 bridgehead atoms. The molecule has 0 aromatic heterocycles. The Balaban J connectivity index is 1.68. The lowest BCUT2D eigenvalue weighted by Gasteiger charge is -2.62. The van der Waals surface area contributed by atoms with Crippen LogP contribution < -0.4 is 0 Å². The van der Waals surface area contributed by atoms with Gasteiger partial charge in [0.15, 0.2) is 0 Å². The van der Waals surface area contributed by atoms with E-state index in [1.807, 2.05) is 0 Å². The van der Waals surface area contributed by atoms with Gasteiger partial charge in [0.1, 0.15) is 0 Å². The summed E-state index contributed by atoms with van der Waals surface area (Å²) in [6, 6.07) is 0. The molecule has 22 heavy (non-hydrogen) atoms. The van der Waals surface area contributed by atoms with Crippen LogP contribution in [0.3, 0.4) is 0 Å². The molecule has 0 aromatic rings. The molecule has 4 aliphatic carbocycles. The first-order chi connectivity index (χ1) is 10.5. The van der Waals surface area contributed by atoms with Gasteiger partial charge in [-0.15, -0.1) is 0 Å². The molecule has 126 valence electrons. The van der Waals surface area contributed by atoms with Crippen molar-refractivity contribution in [3.63, 3.8) is 0 Å². The predicted molar refractivity (Wildman–Crippen MR) is 91.5 cm³/mol. The Morgan fingerprint density at radius 1 is 0.955 bits per heavy atom. The molecule has 0 saturated heterocycles. The molecule has 8 atom stereocenters. The maximum atomic E-state index is 11.2. The van der Waals surface area contributed by atoms with Gasteiger partial charge in [0.2, 0.25) is 0 Å². The third-order valence-electron chi connectivity index (χ3n) is 9.20. The topological polar surface area (TPSA) is 20.2 Å². The molecule has 0 heterocycles. The quantitative estimate of drug-likeness (QED) is 0.686. The van der Waals surface area contributed by atoms with Gasteiger partial charge in [-0.2, -0.15) is 0 Å². The number of hydrogen-bond donors (Lipinski definition) is 1. The molecule has 0 radical (unpaired) electrons. The van der Waals surface area contributed by atoms with Gasteiger partial charge in [0, 0.05) is 0 Å². The Hall–Kier alpha value is -0.0400. The SMILES string of the molecule is CC[C@H]1CC[C@H]2[C@@H]3CCC4CCCC[C@]4(C)[C@H]3C(O)C[C@]12C. The first-order valence-corrected chi connectivity index (χ1v) is 10.2. The zero-order chi connectivity index (χ0) is 15.5. The smallest absolute Gasteiger partial charge is 0.0581 e. The summed E-state index contributed by atoms with van der Waals surface area (Å²) in [7, 11) is 0. The third kappa shape index (κ3) is 1.93. The zero-order valence-corrected chi connectivity index (χ0v) is 15.0. The Morgan fingerprint density at radius 2 is 1.77 bits per heavy atom. The summed E-state index contributed by atoms with van der Waals surface area (Å²) in [4.78, 5) is 0. The Morgan fingerprint density at radius 3 is 2.55 bits per heavy atom. The minimum absolute atomic E-state index is 0.0238. The van der Waals surface area contributed by atoms with Crippen LogP contribution >= 0.6 is 0 Å². The highest BCUT2D eigenvalue weighted by Gasteiger charge is 2.62. The predicted octanol–water partition coefficient (Wildman–Crippen LogP) is 5.42. The maximum absolute atomic E-state index is 11.2. The monoisotopic (exact) mass is 304 g/mol. The number of hydrogen-bond acceptors (Lipinski definition) is 1. The second-order valence-electron chi connectivity index (χ2n) is 9.78. The van der Waals surface area contributed by atoms with Crippen molar-refractivity contribution in [2.45, 2.75) is 91.1 Å². The minimum atomic E-state index is -0.0238. The van der Waals surface area contributed by atoms with Gasteiger partial charge in [-0.25, -0.2) is 0 Å². The van der Waals surface area contributed by atoms with Crippen LogP contribution in [-0.4, -0.2) is 11.2 Å². The van der Waals surface area contributed by atoms with E-state index in [9.17, 15) is 5.11 Å². The summed E-state index contributed by atoms with van der Waals surface area (Å²) in [5.41, 5.74) is 0.888. The van der Waals surface area contributed by atoms with Crippen LogP contribution in [-0.2, 0) is 0 Å². The molecule has 1 heteroatoms. The van der Waals surface area contributed by atoms with Crippen molar-refractivity contribution in [1.29, 1.82) is 0 Å². The van der Waals surface area contributed by atoms with Gasteiger partial charge in [-0.1, -0.05) is 40.0 Å². The van der Waals surface area contributed by atoms with Crippen molar-refractivity contribution < 1.29 is 5.11 Å². The van der Waals surface area contributed by atoms with Crippen LogP contribution in [0, 0.1) is 40.4 Å². The molecule has 1 N–H and O–H groups in total. The highest BCUT2D eigenvalue weighted by Crippen LogP contribution is 2.67. The first-order valence-electron chi connectivity index (χ1n) is 10.2. The van der Waals surface area contributed by atoms with Crippen LogP contribution in [0.2, 0.25) is 0 Å². The number of aliphatic hydroxyl groups is 1. The summed E-state index contributed by atoms with van der Waals surface area (Å²) >= 11 is 0. The molecular weight excluding hydrogens is 268 g/mol.